The van der Waals surface area contributed by atoms with Crippen LogP contribution >= 0.6 is 0 Å². The number of nitrogens with zero attached hydrogens (tertiary/aromatic N) is 2. The van der Waals surface area contributed by atoms with Crippen LogP contribution in [0.2, 0.25) is 0 Å². The highest BCUT2D eigenvalue weighted by Crippen LogP contribution is 2.28. The first-order valence-electron chi connectivity index (χ1n) is 6.16. The van der Waals surface area contributed by atoms with Crippen LogP contribution in [-0.2, 0) is 0 Å². The highest BCUT2D eigenvalue weighted by molar-refractivity contribution is 5.95. The van der Waals surface area contributed by atoms with E-state index in [4.69, 9.17) is 5.73 Å². The maximum absolute atomic E-state index is 12.4. The highest BCUT2D eigenvalue weighted by Gasteiger charge is 2.33. The first kappa shape index (κ1) is 12.0. The largest absolute Gasteiger partial charge is 0.336 e. The van der Waals surface area contributed by atoms with Crippen LogP contribution < -0.4 is 5.73 Å². The van der Waals surface area contributed by atoms with Crippen LogP contribution in [-0.4, -0.2) is 34.9 Å². The summed E-state index contributed by atoms with van der Waals surface area (Å²) >= 11 is 0. The molecule has 1 aliphatic rings. The molecule has 1 heterocycles. The van der Waals surface area contributed by atoms with Gasteiger partial charge in [-0.05, 0) is 44.9 Å². The maximum atomic E-state index is 12.4. The van der Waals surface area contributed by atoms with Gasteiger partial charge in [0.05, 0.1) is 5.56 Å². The van der Waals surface area contributed by atoms with Gasteiger partial charge in [0.1, 0.15) is 0 Å². The fraction of sp³-hybridized carbons (Fsp3) is 0.538. The summed E-state index contributed by atoms with van der Waals surface area (Å²) in [5.74, 6) is 0.103. The van der Waals surface area contributed by atoms with Crippen LogP contribution in [0.3, 0.4) is 0 Å². The van der Waals surface area contributed by atoms with Crippen LogP contribution in [0, 0.1) is 6.92 Å². The van der Waals surface area contributed by atoms with E-state index in [0.717, 1.165) is 37.1 Å². The predicted octanol–water partition coefficient (Wildman–Crippen LogP) is 1.34. The van der Waals surface area contributed by atoms with Crippen LogP contribution in [0.4, 0.5) is 0 Å². The first-order valence-corrected chi connectivity index (χ1v) is 6.16. The summed E-state index contributed by atoms with van der Waals surface area (Å²) in [6.45, 7) is 3.26. The summed E-state index contributed by atoms with van der Waals surface area (Å²) in [5, 5.41) is 0. The van der Waals surface area contributed by atoms with Crippen molar-refractivity contribution in [1.82, 2.24) is 9.88 Å². The molecule has 1 aromatic heterocycles. The van der Waals surface area contributed by atoms with E-state index in [0.29, 0.717) is 12.6 Å². The minimum absolute atomic E-state index is 0.103. The molecule has 0 radical (unpaired) electrons. The lowest BCUT2D eigenvalue weighted by molar-refractivity contribution is 0.0741. The number of carbonyl (C=O) groups is 1. The lowest BCUT2D eigenvalue weighted by Crippen LogP contribution is -2.35. The Labute approximate surface area is 102 Å². The van der Waals surface area contributed by atoms with Gasteiger partial charge < -0.3 is 10.6 Å². The van der Waals surface area contributed by atoms with E-state index in [1.165, 1.54) is 0 Å². The van der Waals surface area contributed by atoms with Crippen molar-refractivity contribution in [2.45, 2.75) is 32.2 Å². The SMILES string of the molecule is Cc1ncccc1C(=O)N(CCCN)C1CC1. The number of hydrogen-bond acceptors (Lipinski definition) is 3. The number of rotatable bonds is 5. The molecule has 0 saturated heterocycles. The quantitative estimate of drug-likeness (QED) is 0.835. The van der Waals surface area contributed by atoms with Crippen LogP contribution in [0.5, 0.6) is 0 Å². The number of pyridine rings is 1. The lowest BCUT2D eigenvalue weighted by Gasteiger charge is -2.22. The van der Waals surface area contributed by atoms with Crippen LogP contribution in [0.25, 0.3) is 0 Å². The molecule has 0 bridgehead atoms. The first-order chi connectivity index (χ1) is 8.24. The molecule has 2 N–H and O–H groups in total. The fourth-order valence-electron chi connectivity index (χ4n) is 1.96. The monoisotopic (exact) mass is 233 g/mol. The zero-order chi connectivity index (χ0) is 12.3. The standard InChI is InChI=1S/C13H19N3O/c1-10-12(4-2-8-15-10)13(17)16(9-3-7-14)11-5-6-11/h2,4,8,11H,3,5-7,9,14H2,1H3. The minimum Gasteiger partial charge on any atom is -0.336 e. The summed E-state index contributed by atoms with van der Waals surface area (Å²) in [5.41, 5.74) is 7.04. The van der Waals surface area contributed by atoms with Crippen LogP contribution in [0.1, 0.15) is 35.3 Å². The maximum Gasteiger partial charge on any atom is 0.255 e. The summed E-state index contributed by atoms with van der Waals surface area (Å²) < 4.78 is 0. The Morgan fingerprint density at radius 3 is 2.94 bits per heavy atom. The summed E-state index contributed by atoms with van der Waals surface area (Å²) in [7, 11) is 0. The summed E-state index contributed by atoms with van der Waals surface area (Å²) in [4.78, 5) is 18.5. The molecule has 1 amide bonds. The molecule has 1 aromatic rings. The molecule has 2 rings (SSSR count). The van der Waals surface area contributed by atoms with Crippen molar-refractivity contribution in [3.8, 4) is 0 Å². The third kappa shape index (κ3) is 2.82. The van der Waals surface area contributed by atoms with E-state index in [9.17, 15) is 4.79 Å². The molecule has 1 aliphatic carbocycles. The Hall–Kier alpha value is -1.42. The molecule has 1 saturated carbocycles. The number of nitrogens with two attached hydrogens (primary N) is 1. The number of aromatic nitrogens is 1. The smallest absolute Gasteiger partial charge is 0.255 e. The van der Waals surface area contributed by atoms with E-state index < -0.39 is 0 Å². The molecule has 4 nitrogen and oxygen atoms in total. The Morgan fingerprint density at radius 2 is 2.35 bits per heavy atom. The molecular formula is C13H19N3O. The van der Waals surface area contributed by atoms with Gasteiger partial charge >= 0.3 is 0 Å². The summed E-state index contributed by atoms with van der Waals surface area (Å²) in [6.07, 6.45) is 4.82. The van der Waals surface area contributed by atoms with Gasteiger partial charge in [0, 0.05) is 24.5 Å². The molecule has 1 fully saturated rings. The molecule has 17 heavy (non-hydrogen) atoms. The molecule has 92 valence electrons. The highest BCUT2D eigenvalue weighted by atomic mass is 16.2. The van der Waals surface area contributed by atoms with Gasteiger partial charge in [-0.2, -0.15) is 0 Å². The third-order valence-electron chi connectivity index (χ3n) is 3.09. The fourth-order valence-corrected chi connectivity index (χ4v) is 1.96. The van der Waals surface area contributed by atoms with Crippen molar-refractivity contribution < 1.29 is 4.79 Å². The molecule has 0 spiro atoms. The molecule has 0 unspecified atom stereocenters. The van der Waals surface area contributed by atoms with Crippen molar-refractivity contribution >= 4 is 5.91 Å². The van der Waals surface area contributed by atoms with E-state index in [-0.39, 0.29) is 5.91 Å². The third-order valence-corrected chi connectivity index (χ3v) is 3.09. The van der Waals surface area contributed by atoms with Gasteiger partial charge in [0.2, 0.25) is 0 Å². The molecule has 4 heteroatoms. The van der Waals surface area contributed by atoms with Gasteiger partial charge in [-0.1, -0.05) is 0 Å². The van der Waals surface area contributed by atoms with Gasteiger partial charge in [0.15, 0.2) is 0 Å². The number of aryl methyl sites for hydroxylation is 1. The summed E-state index contributed by atoms with van der Waals surface area (Å²) in [6, 6.07) is 4.09. The Kier molecular flexibility index (Phi) is 3.74. The second-order valence-corrected chi connectivity index (χ2v) is 4.51. The zero-order valence-electron chi connectivity index (χ0n) is 10.2. The van der Waals surface area contributed by atoms with Gasteiger partial charge in [0.25, 0.3) is 5.91 Å². The number of carbonyl (C=O) groups excluding carboxylic acids is 1. The minimum atomic E-state index is 0.103. The van der Waals surface area contributed by atoms with Crippen molar-refractivity contribution in [3.05, 3.63) is 29.6 Å². The van der Waals surface area contributed by atoms with Gasteiger partial charge in [-0.3, -0.25) is 9.78 Å². The molecule has 0 atom stereocenters. The van der Waals surface area contributed by atoms with Crippen molar-refractivity contribution in [1.29, 1.82) is 0 Å². The van der Waals surface area contributed by atoms with E-state index in [2.05, 4.69) is 4.98 Å². The molecule has 0 aromatic carbocycles. The Bertz CT molecular complexity index is 401. The van der Waals surface area contributed by atoms with E-state index in [1.54, 1.807) is 6.20 Å². The molecule has 0 aliphatic heterocycles. The van der Waals surface area contributed by atoms with E-state index in [1.807, 2.05) is 24.0 Å². The van der Waals surface area contributed by atoms with Crippen LogP contribution in [0.15, 0.2) is 18.3 Å². The predicted molar refractivity (Wildman–Crippen MR) is 66.7 cm³/mol. The van der Waals surface area contributed by atoms with Gasteiger partial charge in [-0.25, -0.2) is 0 Å². The second kappa shape index (κ2) is 5.27. The molecular weight excluding hydrogens is 214 g/mol. The lowest BCUT2D eigenvalue weighted by atomic mass is 10.1. The zero-order valence-corrected chi connectivity index (χ0v) is 10.2. The normalized spacial score (nSPS) is 14.7. The average molecular weight is 233 g/mol. The number of hydrogen-bond donors (Lipinski definition) is 1. The van der Waals surface area contributed by atoms with Crippen molar-refractivity contribution in [2.24, 2.45) is 5.73 Å². The van der Waals surface area contributed by atoms with E-state index >= 15 is 0 Å². The second-order valence-electron chi connectivity index (χ2n) is 4.51. The van der Waals surface area contributed by atoms with Crippen molar-refractivity contribution in [2.75, 3.05) is 13.1 Å². The number of amides is 1. The van der Waals surface area contributed by atoms with Crippen molar-refractivity contribution in [3.63, 3.8) is 0 Å². The Balaban J connectivity index is 2.13. The average Bonchev–Trinajstić information content (AvgIpc) is 3.14. The Morgan fingerprint density at radius 1 is 1.59 bits per heavy atom. The topological polar surface area (TPSA) is 59.2 Å². The van der Waals surface area contributed by atoms with Gasteiger partial charge in [-0.15, -0.1) is 0 Å².